The first-order valence-corrected chi connectivity index (χ1v) is 10.5. The molecule has 2 aromatic rings. The fourth-order valence-electron chi connectivity index (χ4n) is 4.38. The van der Waals surface area contributed by atoms with Crippen molar-refractivity contribution in [3.8, 4) is 11.5 Å². The van der Waals surface area contributed by atoms with E-state index in [9.17, 15) is 14.4 Å². The Morgan fingerprint density at radius 1 is 0.903 bits per heavy atom. The monoisotopic (exact) mass is 421 g/mol. The molecular formula is C23H23N3O5. The molecule has 0 aliphatic carbocycles. The quantitative estimate of drug-likeness (QED) is 0.711. The van der Waals surface area contributed by atoms with Crippen molar-refractivity contribution in [2.75, 3.05) is 31.1 Å². The highest BCUT2D eigenvalue weighted by atomic mass is 16.6. The summed E-state index contributed by atoms with van der Waals surface area (Å²) in [5.41, 5.74) is 0.586. The number of amides is 4. The summed E-state index contributed by atoms with van der Waals surface area (Å²) in [5, 5.41) is 0. The minimum Gasteiger partial charge on any atom is -0.485 e. The van der Waals surface area contributed by atoms with Crippen molar-refractivity contribution in [3.05, 3.63) is 54.6 Å². The van der Waals surface area contributed by atoms with Gasteiger partial charge in [0.25, 0.3) is 11.8 Å². The van der Waals surface area contributed by atoms with Crippen molar-refractivity contribution in [1.29, 1.82) is 0 Å². The Kier molecular flexibility index (Phi) is 4.97. The smallest absolute Gasteiger partial charge is 0.332 e. The standard InChI is InChI=1S/C23H23N3O5/c27-21-14-25(23(29)26(21)17-6-2-1-3-7-17)16-10-12-24(13-11-16)22(28)20-15-30-18-8-4-5-9-19(18)31-20/h1-9,16,20H,10-15H2. The lowest BCUT2D eigenvalue weighted by atomic mass is 10.0. The number of carbonyl (C=O) groups is 3. The number of piperidine rings is 1. The lowest BCUT2D eigenvalue weighted by molar-refractivity contribution is -0.142. The third-order valence-corrected chi connectivity index (χ3v) is 6.01. The molecule has 5 rings (SSSR count). The number of hydrogen-bond acceptors (Lipinski definition) is 5. The number of ether oxygens (including phenoxy) is 2. The number of benzene rings is 2. The number of para-hydroxylation sites is 3. The second kappa shape index (κ2) is 7.94. The molecular weight excluding hydrogens is 398 g/mol. The molecule has 0 saturated carbocycles. The molecule has 0 aromatic heterocycles. The zero-order chi connectivity index (χ0) is 21.4. The molecule has 3 aliphatic rings. The Balaban J connectivity index is 1.20. The van der Waals surface area contributed by atoms with Crippen LogP contribution in [0.15, 0.2) is 54.6 Å². The maximum Gasteiger partial charge on any atom is 0.332 e. The van der Waals surface area contributed by atoms with Crippen molar-refractivity contribution in [3.63, 3.8) is 0 Å². The van der Waals surface area contributed by atoms with Crippen molar-refractivity contribution >= 4 is 23.5 Å². The third kappa shape index (κ3) is 3.58. The Morgan fingerprint density at radius 2 is 1.58 bits per heavy atom. The van der Waals surface area contributed by atoms with Gasteiger partial charge < -0.3 is 19.3 Å². The summed E-state index contributed by atoms with van der Waals surface area (Å²) >= 11 is 0. The average molecular weight is 421 g/mol. The van der Waals surface area contributed by atoms with E-state index in [1.807, 2.05) is 24.3 Å². The number of hydrogen-bond donors (Lipinski definition) is 0. The number of rotatable bonds is 3. The lowest BCUT2D eigenvalue weighted by Crippen LogP contribution is -2.52. The van der Waals surface area contributed by atoms with Crippen LogP contribution in [0.1, 0.15) is 12.8 Å². The van der Waals surface area contributed by atoms with Gasteiger partial charge in [-0.3, -0.25) is 9.59 Å². The number of imide groups is 1. The maximum absolute atomic E-state index is 12.9. The van der Waals surface area contributed by atoms with Gasteiger partial charge in [-0.25, -0.2) is 9.69 Å². The van der Waals surface area contributed by atoms with E-state index in [4.69, 9.17) is 9.47 Å². The van der Waals surface area contributed by atoms with Crippen LogP contribution in [0.3, 0.4) is 0 Å². The Morgan fingerprint density at radius 3 is 2.32 bits per heavy atom. The fourth-order valence-corrected chi connectivity index (χ4v) is 4.38. The van der Waals surface area contributed by atoms with Crippen LogP contribution in [0.5, 0.6) is 11.5 Å². The second-order valence-electron chi connectivity index (χ2n) is 7.90. The molecule has 2 fully saturated rings. The molecule has 3 heterocycles. The summed E-state index contributed by atoms with van der Waals surface area (Å²) in [6.07, 6.45) is 0.574. The van der Waals surface area contributed by atoms with E-state index >= 15 is 0 Å². The number of likely N-dealkylation sites (tertiary alicyclic amines) is 1. The summed E-state index contributed by atoms with van der Waals surface area (Å²) < 4.78 is 11.5. The molecule has 0 N–H and O–H groups in total. The van der Waals surface area contributed by atoms with Gasteiger partial charge in [-0.2, -0.15) is 0 Å². The first-order chi connectivity index (χ1) is 15.1. The summed E-state index contributed by atoms with van der Waals surface area (Å²) in [4.78, 5) is 42.9. The Bertz CT molecular complexity index is 1000. The van der Waals surface area contributed by atoms with Crippen molar-refractivity contribution in [2.45, 2.75) is 25.0 Å². The van der Waals surface area contributed by atoms with E-state index in [-0.39, 0.29) is 37.0 Å². The van der Waals surface area contributed by atoms with Crippen molar-refractivity contribution in [2.24, 2.45) is 0 Å². The lowest BCUT2D eigenvalue weighted by Gasteiger charge is -2.38. The largest absolute Gasteiger partial charge is 0.485 e. The molecule has 0 spiro atoms. The average Bonchev–Trinajstić information content (AvgIpc) is 3.12. The third-order valence-electron chi connectivity index (χ3n) is 6.01. The Labute approximate surface area is 179 Å². The van der Waals surface area contributed by atoms with Gasteiger partial charge in [0.2, 0.25) is 6.10 Å². The molecule has 0 radical (unpaired) electrons. The predicted octanol–water partition coefficient (Wildman–Crippen LogP) is 2.29. The van der Waals surface area contributed by atoms with E-state index in [2.05, 4.69) is 0 Å². The molecule has 8 nitrogen and oxygen atoms in total. The predicted molar refractivity (Wildman–Crippen MR) is 112 cm³/mol. The summed E-state index contributed by atoms with van der Waals surface area (Å²) in [5.74, 6) is 0.887. The van der Waals surface area contributed by atoms with Crippen LogP contribution < -0.4 is 14.4 Å². The highest BCUT2D eigenvalue weighted by Gasteiger charge is 2.42. The molecule has 2 saturated heterocycles. The first-order valence-electron chi connectivity index (χ1n) is 10.5. The van der Waals surface area contributed by atoms with Crippen LogP contribution in [-0.4, -0.2) is 66.0 Å². The zero-order valence-corrected chi connectivity index (χ0v) is 17.0. The van der Waals surface area contributed by atoms with Gasteiger partial charge in [-0.1, -0.05) is 30.3 Å². The van der Waals surface area contributed by atoms with Crippen LogP contribution in [0, 0.1) is 0 Å². The molecule has 160 valence electrons. The highest BCUT2D eigenvalue weighted by molar-refractivity contribution is 6.19. The summed E-state index contributed by atoms with van der Waals surface area (Å²) in [7, 11) is 0. The molecule has 1 unspecified atom stereocenters. The van der Waals surface area contributed by atoms with Crippen LogP contribution in [0.25, 0.3) is 0 Å². The van der Waals surface area contributed by atoms with Gasteiger partial charge in [-0.05, 0) is 37.1 Å². The van der Waals surface area contributed by atoms with Gasteiger partial charge in [0.15, 0.2) is 11.5 Å². The van der Waals surface area contributed by atoms with Crippen LogP contribution in [0.2, 0.25) is 0 Å². The normalized spacial score (nSPS) is 21.5. The molecule has 3 aliphatic heterocycles. The van der Waals surface area contributed by atoms with Crippen molar-refractivity contribution < 1.29 is 23.9 Å². The number of urea groups is 1. The SMILES string of the molecule is O=C(C1COc2ccccc2O1)N1CCC(N2CC(=O)N(c3ccccc3)C2=O)CC1. The van der Waals surface area contributed by atoms with Gasteiger partial charge in [-0.15, -0.1) is 0 Å². The molecule has 4 amide bonds. The van der Waals surface area contributed by atoms with Gasteiger partial charge in [0, 0.05) is 19.1 Å². The molecule has 1 atom stereocenters. The topological polar surface area (TPSA) is 79.4 Å². The second-order valence-corrected chi connectivity index (χ2v) is 7.90. The molecule has 8 heteroatoms. The summed E-state index contributed by atoms with van der Waals surface area (Å²) in [6, 6.07) is 15.9. The van der Waals surface area contributed by atoms with Crippen LogP contribution in [-0.2, 0) is 9.59 Å². The number of nitrogens with zero attached hydrogens (tertiary/aromatic N) is 3. The van der Waals surface area contributed by atoms with Gasteiger partial charge >= 0.3 is 6.03 Å². The van der Waals surface area contributed by atoms with E-state index in [0.717, 1.165) is 0 Å². The number of fused-ring (bicyclic) bond motifs is 1. The zero-order valence-electron chi connectivity index (χ0n) is 17.0. The van der Waals surface area contributed by atoms with E-state index in [0.29, 0.717) is 43.1 Å². The summed E-state index contributed by atoms with van der Waals surface area (Å²) in [6.45, 7) is 1.27. The minimum atomic E-state index is -0.671. The van der Waals surface area contributed by atoms with Crippen LogP contribution in [0.4, 0.5) is 10.5 Å². The van der Waals surface area contributed by atoms with Gasteiger partial charge in [0.05, 0.1) is 5.69 Å². The maximum atomic E-state index is 12.9. The number of anilines is 1. The first kappa shape index (κ1) is 19.4. The Hall–Kier alpha value is -3.55. The van der Waals surface area contributed by atoms with Crippen LogP contribution >= 0.6 is 0 Å². The minimum absolute atomic E-state index is 0.0709. The molecule has 31 heavy (non-hydrogen) atoms. The van der Waals surface area contributed by atoms with E-state index < -0.39 is 6.10 Å². The fraction of sp³-hybridized carbons (Fsp3) is 0.348. The molecule has 0 bridgehead atoms. The molecule has 2 aromatic carbocycles. The van der Waals surface area contributed by atoms with E-state index in [1.165, 1.54) is 4.90 Å². The van der Waals surface area contributed by atoms with Crippen molar-refractivity contribution in [1.82, 2.24) is 9.80 Å². The number of carbonyl (C=O) groups excluding carboxylic acids is 3. The highest BCUT2D eigenvalue weighted by Crippen LogP contribution is 2.32. The van der Waals surface area contributed by atoms with Gasteiger partial charge in [0.1, 0.15) is 13.2 Å². The van der Waals surface area contributed by atoms with E-state index in [1.54, 1.807) is 40.1 Å².